The van der Waals surface area contributed by atoms with E-state index in [1.165, 1.54) is 7.11 Å². The fourth-order valence-corrected chi connectivity index (χ4v) is 2.26. The first-order chi connectivity index (χ1) is 9.11. The third-order valence-electron chi connectivity index (χ3n) is 3.13. The van der Waals surface area contributed by atoms with Gasteiger partial charge < -0.3 is 14.7 Å². The average molecular weight is 262 g/mol. The summed E-state index contributed by atoms with van der Waals surface area (Å²) in [5.74, 6) is 0.282. The Bertz CT molecular complexity index is 585. The van der Waals surface area contributed by atoms with E-state index in [9.17, 15) is 9.90 Å². The van der Waals surface area contributed by atoms with Gasteiger partial charge in [-0.2, -0.15) is 0 Å². The third kappa shape index (κ3) is 2.06. The second kappa shape index (κ2) is 4.29. The summed E-state index contributed by atoms with van der Waals surface area (Å²) in [7, 11) is 1.52. The number of methoxy groups -OCH3 is 1. The number of rotatable bonds is 3. The zero-order chi connectivity index (χ0) is 13.5. The minimum Gasteiger partial charge on any atom is -0.384 e. The lowest BCUT2D eigenvalue weighted by molar-refractivity contribution is -0.118. The highest BCUT2D eigenvalue weighted by molar-refractivity contribution is 5.93. The van der Waals surface area contributed by atoms with Crippen LogP contribution in [0.3, 0.4) is 0 Å². The largest absolute Gasteiger partial charge is 0.384 e. The molecule has 7 nitrogen and oxygen atoms in total. The van der Waals surface area contributed by atoms with Crippen LogP contribution in [-0.4, -0.2) is 62.7 Å². The predicted octanol–water partition coefficient (Wildman–Crippen LogP) is -0.437. The maximum absolute atomic E-state index is 12.2. The summed E-state index contributed by atoms with van der Waals surface area (Å²) in [6, 6.07) is 1.77. The number of hydrogen-bond acceptors (Lipinski definition) is 5. The van der Waals surface area contributed by atoms with Gasteiger partial charge in [0, 0.05) is 25.7 Å². The zero-order valence-electron chi connectivity index (χ0n) is 10.5. The summed E-state index contributed by atoms with van der Waals surface area (Å²) in [6.07, 6.45) is 5.04. The van der Waals surface area contributed by atoms with Crippen LogP contribution in [0.2, 0.25) is 0 Å². The fourth-order valence-electron chi connectivity index (χ4n) is 2.26. The van der Waals surface area contributed by atoms with E-state index in [1.54, 1.807) is 34.0 Å². The molecule has 1 amide bonds. The van der Waals surface area contributed by atoms with Crippen molar-refractivity contribution in [3.05, 3.63) is 30.4 Å². The number of amides is 1. The molecule has 1 saturated heterocycles. The van der Waals surface area contributed by atoms with Crippen molar-refractivity contribution in [2.24, 2.45) is 0 Å². The molecule has 0 spiro atoms. The highest BCUT2D eigenvalue weighted by Gasteiger charge is 2.44. The molecule has 3 rings (SSSR count). The van der Waals surface area contributed by atoms with E-state index >= 15 is 0 Å². The number of aromatic nitrogens is 3. The summed E-state index contributed by atoms with van der Waals surface area (Å²) < 4.78 is 6.60. The summed E-state index contributed by atoms with van der Waals surface area (Å²) >= 11 is 0. The van der Waals surface area contributed by atoms with Gasteiger partial charge in [0.2, 0.25) is 5.78 Å². The molecule has 0 bridgehead atoms. The minimum absolute atomic E-state index is 0.203. The van der Waals surface area contributed by atoms with Gasteiger partial charge in [-0.15, -0.1) is 0 Å². The molecule has 0 saturated carbocycles. The van der Waals surface area contributed by atoms with Crippen LogP contribution in [-0.2, 0) is 4.74 Å². The van der Waals surface area contributed by atoms with Crippen LogP contribution >= 0.6 is 0 Å². The van der Waals surface area contributed by atoms with E-state index in [0.29, 0.717) is 11.5 Å². The number of aliphatic hydroxyl groups is 1. The van der Waals surface area contributed by atoms with E-state index in [-0.39, 0.29) is 25.6 Å². The monoisotopic (exact) mass is 262 g/mol. The van der Waals surface area contributed by atoms with Crippen molar-refractivity contribution in [1.82, 2.24) is 19.3 Å². The smallest absolute Gasteiger partial charge is 0.274 e. The number of likely N-dealkylation sites (tertiary alicyclic amines) is 1. The molecule has 1 aliphatic rings. The van der Waals surface area contributed by atoms with E-state index in [2.05, 4.69) is 9.97 Å². The van der Waals surface area contributed by atoms with Crippen molar-refractivity contribution in [1.29, 1.82) is 0 Å². The Kier molecular flexibility index (Phi) is 2.72. The second-order valence-electron chi connectivity index (χ2n) is 4.77. The lowest BCUT2D eigenvalue weighted by Gasteiger charge is -2.45. The molecule has 2 aromatic rings. The number of carbonyl (C=O) groups is 1. The Hall–Kier alpha value is -1.99. The Morgan fingerprint density at radius 1 is 1.58 bits per heavy atom. The maximum atomic E-state index is 12.2. The number of carbonyl (C=O) groups excluding carboxylic acids is 1. The molecule has 0 radical (unpaired) electrons. The first-order valence-corrected chi connectivity index (χ1v) is 5.92. The first kappa shape index (κ1) is 12.1. The number of fused-ring (bicyclic) bond motifs is 1. The topological polar surface area (TPSA) is 80.0 Å². The van der Waals surface area contributed by atoms with E-state index < -0.39 is 5.60 Å². The molecule has 0 aliphatic carbocycles. The van der Waals surface area contributed by atoms with Crippen LogP contribution in [0.15, 0.2) is 24.7 Å². The molecule has 1 N–H and O–H groups in total. The van der Waals surface area contributed by atoms with Gasteiger partial charge in [0.25, 0.3) is 5.91 Å². The second-order valence-corrected chi connectivity index (χ2v) is 4.77. The van der Waals surface area contributed by atoms with Crippen LogP contribution in [0, 0.1) is 0 Å². The standard InChI is InChI=1S/C12H14N4O3/c1-19-8-12(18)6-16(7-12)10(17)9-5-15-4-2-3-13-11(15)14-9/h2-5,18H,6-8H2,1H3. The van der Waals surface area contributed by atoms with Gasteiger partial charge in [0.05, 0.1) is 19.7 Å². The van der Waals surface area contributed by atoms with Gasteiger partial charge in [-0.25, -0.2) is 9.97 Å². The average Bonchev–Trinajstić information content (AvgIpc) is 2.79. The summed E-state index contributed by atoms with van der Waals surface area (Å²) in [5.41, 5.74) is -0.597. The number of β-amino-alcohol motifs (C(OH)–C–C–N with tert-alkyl or cyclic N) is 1. The molecule has 0 unspecified atom stereocenters. The van der Waals surface area contributed by atoms with Crippen LogP contribution < -0.4 is 0 Å². The summed E-state index contributed by atoms with van der Waals surface area (Å²) in [6.45, 7) is 0.755. The molecule has 3 heterocycles. The number of nitrogens with zero attached hydrogens (tertiary/aromatic N) is 4. The van der Waals surface area contributed by atoms with E-state index in [1.807, 2.05) is 0 Å². The lowest BCUT2D eigenvalue weighted by Crippen LogP contribution is -2.65. The highest BCUT2D eigenvalue weighted by Crippen LogP contribution is 2.23. The number of hydrogen-bond donors (Lipinski definition) is 1. The van der Waals surface area contributed by atoms with Crippen LogP contribution in [0.25, 0.3) is 5.78 Å². The van der Waals surface area contributed by atoms with Crippen molar-refractivity contribution in [3.8, 4) is 0 Å². The summed E-state index contributed by atoms with van der Waals surface area (Å²) in [4.78, 5) is 21.9. The highest BCUT2D eigenvalue weighted by atomic mass is 16.5. The van der Waals surface area contributed by atoms with Gasteiger partial charge >= 0.3 is 0 Å². The van der Waals surface area contributed by atoms with Crippen molar-refractivity contribution in [2.45, 2.75) is 5.60 Å². The van der Waals surface area contributed by atoms with E-state index in [4.69, 9.17) is 4.74 Å². The molecule has 7 heteroatoms. The molecule has 2 aromatic heterocycles. The SMILES string of the molecule is COCC1(O)CN(C(=O)c2cn3cccnc3n2)C1. The van der Waals surface area contributed by atoms with Crippen LogP contribution in [0.4, 0.5) is 0 Å². The normalized spacial score (nSPS) is 17.5. The van der Waals surface area contributed by atoms with Crippen molar-refractivity contribution >= 4 is 11.7 Å². The van der Waals surface area contributed by atoms with Crippen molar-refractivity contribution < 1.29 is 14.6 Å². The Labute approximate surface area is 109 Å². The molecule has 100 valence electrons. The van der Waals surface area contributed by atoms with Gasteiger partial charge in [-0.1, -0.05) is 0 Å². The number of imidazole rings is 1. The molecule has 1 aliphatic heterocycles. The Morgan fingerprint density at radius 3 is 3.05 bits per heavy atom. The van der Waals surface area contributed by atoms with Gasteiger partial charge in [-0.3, -0.25) is 9.20 Å². The van der Waals surface area contributed by atoms with Crippen molar-refractivity contribution in [3.63, 3.8) is 0 Å². The minimum atomic E-state index is -0.929. The van der Waals surface area contributed by atoms with Gasteiger partial charge in [-0.05, 0) is 6.07 Å². The Morgan fingerprint density at radius 2 is 2.37 bits per heavy atom. The molecule has 1 fully saturated rings. The predicted molar refractivity (Wildman–Crippen MR) is 65.7 cm³/mol. The van der Waals surface area contributed by atoms with Gasteiger partial charge in [0.1, 0.15) is 11.3 Å². The first-order valence-electron chi connectivity index (χ1n) is 5.92. The van der Waals surface area contributed by atoms with Crippen LogP contribution in [0.1, 0.15) is 10.5 Å². The van der Waals surface area contributed by atoms with Gasteiger partial charge in [0.15, 0.2) is 0 Å². The third-order valence-corrected chi connectivity index (χ3v) is 3.13. The molecular formula is C12H14N4O3. The summed E-state index contributed by atoms with van der Waals surface area (Å²) in [5, 5.41) is 9.96. The van der Waals surface area contributed by atoms with E-state index in [0.717, 1.165) is 0 Å². The van der Waals surface area contributed by atoms with Crippen molar-refractivity contribution in [2.75, 3.05) is 26.8 Å². The number of ether oxygens (including phenoxy) is 1. The molecule has 19 heavy (non-hydrogen) atoms. The molecular weight excluding hydrogens is 248 g/mol. The quantitative estimate of drug-likeness (QED) is 0.811. The zero-order valence-corrected chi connectivity index (χ0v) is 10.5. The molecule has 0 atom stereocenters. The molecule has 0 aromatic carbocycles. The lowest BCUT2D eigenvalue weighted by atomic mass is 9.95. The van der Waals surface area contributed by atoms with Crippen LogP contribution in [0.5, 0.6) is 0 Å². The Balaban J connectivity index is 1.75. The fraction of sp³-hybridized carbons (Fsp3) is 0.417. The maximum Gasteiger partial charge on any atom is 0.274 e.